The smallest absolute Gasteiger partial charge is 0.145 e. The van der Waals surface area contributed by atoms with E-state index in [0.717, 1.165) is 72.1 Å². The van der Waals surface area contributed by atoms with Crippen LogP contribution >= 0.6 is 0 Å². The van der Waals surface area contributed by atoms with Gasteiger partial charge in [0.15, 0.2) is 0 Å². The monoisotopic (exact) mass is 653 g/mol. The molecule has 0 amide bonds. The molecule has 10 aromatic rings. The fourth-order valence-electron chi connectivity index (χ4n) is 7.50. The Morgan fingerprint density at radius 1 is 0.314 bits per heavy atom. The molecule has 0 atom stereocenters. The van der Waals surface area contributed by atoms with Crippen molar-refractivity contribution in [2.24, 2.45) is 0 Å². The average molecular weight is 654 g/mol. The highest BCUT2D eigenvalue weighted by Crippen LogP contribution is 2.49. The zero-order valence-corrected chi connectivity index (χ0v) is 27.7. The van der Waals surface area contributed by atoms with E-state index in [2.05, 4.69) is 169 Å². The van der Waals surface area contributed by atoms with E-state index in [1.165, 1.54) is 22.3 Å². The fourth-order valence-corrected chi connectivity index (χ4v) is 7.50. The summed E-state index contributed by atoms with van der Waals surface area (Å²) < 4.78 is 13.3. The number of para-hydroxylation sites is 2. The highest BCUT2D eigenvalue weighted by molar-refractivity contribution is 6.27. The Balaban J connectivity index is 1.24. The van der Waals surface area contributed by atoms with E-state index in [-0.39, 0.29) is 0 Å². The van der Waals surface area contributed by atoms with E-state index in [1.807, 2.05) is 24.3 Å². The Labute approximate surface area is 295 Å². The molecule has 3 nitrogen and oxygen atoms in total. The van der Waals surface area contributed by atoms with E-state index >= 15 is 0 Å². The quantitative estimate of drug-likeness (QED) is 0.179. The molecule has 0 aliphatic heterocycles. The molecule has 0 saturated carbocycles. The lowest BCUT2D eigenvalue weighted by molar-refractivity contribution is 0.663. The van der Waals surface area contributed by atoms with E-state index in [9.17, 15) is 0 Å². The molecule has 3 heteroatoms. The van der Waals surface area contributed by atoms with Crippen molar-refractivity contribution in [3.63, 3.8) is 0 Å². The molecule has 0 aliphatic rings. The van der Waals surface area contributed by atoms with Gasteiger partial charge < -0.3 is 13.7 Å². The Morgan fingerprint density at radius 3 is 1.47 bits per heavy atom. The van der Waals surface area contributed by atoms with Crippen molar-refractivity contribution in [3.05, 3.63) is 188 Å². The first-order valence-electron chi connectivity index (χ1n) is 17.3. The molecule has 8 aromatic carbocycles. The molecule has 0 aliphatic carbocycles. The molecular formula is C48H31NO2. The number of benzene rings is 8. The summed E-state index contributed by atoms with van der Waals surface area (Å²) in [6, 6.07) is 66.1. The molecule has 0 fully saturated rings. The van der Waals surface area contributed by atoms with Crippen LogP contribution in [0.2, 0.25) is 0 Å². The van der Waals surface area contributed by atoms with Gasteiger partial charge in [-0.15, -0.1) is 0 Å². The van der Waals surface area contributed by atoms with Gasteiger partial charge in [0, 0.05) is 38.5 Å². The maximum absolute atomic E-state index is 6.95. The zero-order valence-electron chi connectivity index (χ0n) is 27.7. The number of nitrogens with zero attached hydrogens (tertiary/aromatic N) is 1. The van der Waals surface area contributed by atoms with Gasteiger partial charge >= 0.3 is 0 Å². The van der Waals surface area contributed by atoms with Crippen LogP contribution in [0.3, 0.4) is 0 Å². The Kier molecular flexibility index (Phi) is 6.81. The first kappa shape index (κ1) is 29.1. The average Bonchev–Trinajstić information content (AvgIpc) is 3.78. The molecule has 0 saturated heterocycles. The third kappa shape index (κ3) is 4.90. The molecule has 0 spiro atoms. The Hall–Kier alpha value is -6.84. The van der Waals surface area contributed by atoms with Crippen LogP contribution in [0.5, 0.6) is 0 Å². The summed E-state index contributed by atoms with van der Waals surface area (Å²) in [5, 5.41) is 4.29. The first-order valence-corrected chi connectivity index (χ1v) is 17.3. The van der Waals surface area contributed by atoms with E-state index in [4.69, 9.17) is 8.83 Å². The maximum Gasteiger partial charge on any atom is 0.145 e. The minimum Gasteiger partial charge on any atom is -0.456 e. The van der Waals surface area contributed by atoms with Gasteiger partial charge in [-0.2, -0.15) is 0 Å². The van der Waals surface area contributed by atoms with Crippen LogP contribution in [0.15, 0.2) is 197 Å². The maximum atomic E-state index is 6.95. The predicted molar refractivity (Wildman–Crippen MR) is 212 cm³/mol. The minimum atomic E-state index is 0.835. The Morgan fingerprint density at radius 2 is 0.804 bits per heavy atom. The molecule has 2 heterocycles. The summed E-state index contributed by atoms with van der Waals surface area (Å²) in [4.78, 5) is 2.34. The van der Waals surface area contributed by atoms with Crippen LogP contribution in [0.25, 0.3) is 77.3 Å². The van der Waals surface area contributed by atoms with E-state index < -0.39 is 0 Å². The van der Waals surface area contributed by atoms with Crippen molar-refractivity contribution in [1.82, 2.24) is 0 Å². The van der Waals surface area contributed by atoms with E-state index in [1.54, 1.807) is 0 Å². The van der Waals surface area contributed by atoms with Crippen LogP contribution < -0.4 is 4.90 Å². The third-order valence-corrected chi connectivity index (χ3v) is 9.89. The number of furan rings is 2. The van der Waals surface area contributed by atoms with Crippen molar-refractivity contribution >= 4 is 60.9 Å². The van der Waals surface area contributed by atoms with Gasteiger partial charge in [-0.25, -0.2) is 0 Å². The molecule has 10 rings (SSSR count). The highest BCUT2D eigenvalue weighted by atomic mass is 16.3. The standard InChI is InChI=1S/C48H31NO2/c1-4-12-32(13-5-1)34-20-22-36(23-21-34)45-41(49(37-16-8-3-9-17-37)38-26-24-35(25-27-38)33-14-6-2-7-15-33)29-28-40-47-44(51-48(40)45)31-30-43-46(47)39-18-10-11-19-42(39)50-43/h1-31H. The van der Waals surface area contributed by atoms with Gasteiger partial charge in [0.2, 0.25) is 0 Å². The molecule has 0 bridgehead atoms. The lowest BCUT2D eigenvalue weighted by atomic mass is 9.95. The molecule has 51 heavy (non-hydrogen) atoms. The molecule has 240 valence electrons. The molecule has 0 unspecified atom stereocenters. The van der Waals surface area contributed by atoms with Gasteiger partial charge in [-0.1, -0.05) is 133 Å². The SMILES string of the molecule is c1ccc(-c2ccc(-c3c(N(c4ccccc4)c4ccc(-c5ccccc5)cc4)ccc4c3oc3ccc5oc6ccccc6c5c34)cc2)cc1. The second-order valence-electron chi connectivity index (χ2n) is 12.9. The molecular weight excluding hydrogens is 623 g/mol. The second kappa shape index (κ2) is 11.9. The molecule has 0 radical (unpaired) electrons. The van der Waals surface area contributed by atoms with Crippen molar-refractivity contribution < 1.29 is 8.83 Å². The van der Waals surface area contributed by atoms with Crippen molar-refractivity contribution in [2.75, 3.05) is 4.90 Å². The van der Waals surface area contributed by atoms with Crippen LogP contribution in [0.4, 0.5) is 17.1 Å². The number of rotatable bonds is 6. The molecule has 0 N–H and O–H groups in total. The summed E-state index contributed by atoms with van der Waals surface area (Å²) in [7, 11) is 0. The topological polar surface area (TPSA) is 29.5 Å². The van der Waals surface area contributed by atoms with Crippen LogP contribution in [-0.4, -0.2) is 0 Å². The largest absolute Gasteiger partial charge is 0.456 e. The minimum absolute atomic E-state index is 0.835. The van der Waals surface area contributed by atoms with Crippen LogP contribution in [0, 0.1) is 0 Å². The van der Waals surface area contributed by atoms with Crippen LogP contribution in [0.1, 0.15) is 0 Å². The van der Waals surface area contributed by atoms with Crippen LogP contribution in [-0.2, 0) is 0 Å². The first-order chi connectivity index (χ1) is 25.3. The zero-order chi connectivity index (χ0) is 33.7. The van der Waals surface area contributed by atoms with Crippen molar-refractivity contribution in [1.29, 1.82) is 0 Å². The highest BCUT2D eigenvalue weighted by Gasteiger charge is 2.24. The summed E-state index contributed by atoms with van der Waals surface area (Å²) >= 11 is 0. The van der Waals surface area contributed by atoms with Gasteiger partial charge in [-0.3, -0.25) is 0 Å². The fraction of sp³-hybridized carbons (Fsp3) is 0. The molecule has 2 aromatic heterocycles. The Bertz CT molecular complexity index is 2820. The number of hydrogen-bond donors (Lipinski definition) is 0. The third-order valence-electron chi connectivity index (χ3n) is 9.89. The normalized spacial score (nSPS) is 11.5. The number of hydrogen-bond acceptors (Lipinski definition) is 3. The lowest BCUT2D eigenvalue weighted by Gasteiger charge is -2.28. The number of fused-ring (bicyclic) bond motifs is 7. The van der Waals surface area contributed by atoms with Gasteiger partial charge in [0.05, 0.1) is 5.69 Å². The lowest BCUT2D eigenvalue weighted by Crippen LogP contribution is -2.11. The number of anilines is 3. The van der Waals surface area contributed by atoms with Gasteiger partial charge in [-0.05, 0) is 82.4 Å². The summed E-state index contributed by atoms with van der Waals surface area (Å²) in [5.74, 6) is 0. The summed E-state index contributed by atoms with van der Waals surface area (Å²) in [6.07, 6.45) is 0. The van der Waals surface area contributed by atoms with Crippen molar-refractivity contribution in [2.45, 2.75) is 0 Å². The van der Waals surface area contributed by atoms with E-state index in [0.29, 0.717) is 0 Å². The second-order valence-corrected chi connectivity index (χ2v) is 12.9. The summed E-state index contributed by atoms with van der Waals surface area (Å²) in [6.45, 7) is 0. The van der Waals surface area contributed by atoms with Crippen molar-refractivity contribution in [3.8, 4) is 33.4 Å². The summed E-state index contributed by atoms with van der Waals surface area (Å²) in [5.41, 5.74) is 13.4. The predicted octanol–water partition coefficient (Wildman–Crippen LogP) is 14.0. The van der Waals surface area contributed by atoms with Gasteiger partial charge in [0.1, 0.15) is 22.3 Å². The van der Waals surface area contributed by atoms with Gasteiger partial charge in [0.25, 0.3) is 0 Å².